The highest BCUT2D eigenvalue weighted by atomic mass is 16.3. The van der Waals surface area contributed by atoms with Crippen molar-refractivity contribution in [3.63, 3.8) is 0 Å². The fraction of sp³-hybridized carbons (Fsp3) is 0.182. The van der Waals surface area contributed by atoms with Gasteiger partial charge in [0.2, 0.25) is 0 Å². The van der Waals surface area contributed by atoms with Crippen molar-refractivity contribution in [2.24, 2.45) is 0 Å². The molecule has 0 aliphatic carbocycles. The van der Waals surface area contributed by atoms with Gasteiger partial charge in [-0.2, -0.15) is 5.26 Å². The lowest BCUT2D eigenvalue weighted by Crippen LogP contribution is -2.02. The molecule has 0 spiro atoms. The van der Waals surface area contributed by atoms with Gasteiger partial charge in [-0.3, -0.25) is 4.98 Å². The van der Waals surface area contributed by atoms with Crippen LogP contribution in [0.2, 0.25) is 0 Å². The smallest absolute Gasteiger partial charge is 0.145 e. The molecular formula is C44H38N2O. The molecule has 7 aromatic rings. The van der Waals surface area contributed by atoms with Crippen molar-refractivity contribution in [2.45, 2.75) is 53.2 Å². The molecule has 0 atom stereocenters. The van der Waals surface area contributed by atoms with Crippen LogP contribution in [0.3, 0.4) is 0 Å². The Bertz CT molecular complexity index is 2510. The molecule has 5 aromatic carbocycles. The number of nitriles is 1. The lowest BCUT2D eigenvalue weighted by molar-refractivity contribution is 0.670. The van der Waals surface area contributed by atoms with Gasteiger partial charge in [-0.15, -0.1) is 0 Å². The van der Waals surface area contributed by atoms with Crippen LogP contribution in [0.25, 0.3) is 66.6 Å². The summed E-state index contributed by atoms with van der Waals surface area (Å²) in [4.78, 5) is 4.70. The number of aromatic nitrogens is 1. The van der Waals surface area contributed by atoms with Gasteiger partial charge in [0, 0.05) is 36.3 Å². The Morgan fingerprint density at radius 2 is 1.34 bits per heavy atom. The van der Waals surface area contributed by atoms with E-state index in [1.165, 1.54) is 6.20 Å². The second-order valence-corrected chi connectivity index (χ2v) is 12.6. The first kappa shape index (κ1) is 23.8. The quantitative estimate of drug-likeness (QED) is 0.187. The van der Waals surface area contributed by atoms with Gasteiger partial charge in [-0.25, -0.2) is 0 Å². The molecule has 0 bridgehead atoms. The molecule has 0 radical (unpaired) electrons. The van der Waals surface area contributed by atoms with Gasteiger partial charge in [-0.1, -0.05) is 107 Å². The number of rotatable bonds is 6. The second kappa shape index (κ2) is 12.0. The number of benzene rings is 5. The van der Waals surface area contributed by atoms with E-state index in [2.05, 4.69) is 33.8 Å². The van der Waals surface area contributed by atoms with E-state index >= 15 is 0 Å². The van der Waals surface area contributed by atoms with E-state index in [0.717, 1.165) is 33.4 Å². The topological polar surface area (TPSA) is 49.8 Å². The third kappa shape index (κ3) is 5.21. The minimum Gasteiger partial charge on any atom is -0.455 e. The summed E-state index contributed by atoms with van der Waals surface area (Å²) in [6.45, 7) is 3.44. The zero-order chi connectivity index (χ0) is 37.8. The summed E-state index contributed by atoms with van der Waals surface area (Å²) in [7, 11) is 0. The van der Waals surface area contributed by atoms with Gasteiger partial charge in [0.1, 0.15) is 11.2 Å². The van der Waals surface area contributed by atoms with Crippen LogP contribution in [0.1, 0.15) is 75.6 Å². The highest BCUT2D eigenvalue weighted by Crippen LogP contribution is 2.44. The van der Waals surface area contributed by atoms with Gasteiger partial charge in [0.25, 0.3) is 0 Å². The number of furan rings is 1. The number of hydrogen-bond acceptors (Lipinski definition) is 3. The highest BCUT2D eigenvalue weighted by Gasteiger charge is 2.22. The van der Waals surface area contributed by atoms with Crippen molar-refractivity contribution >= 4 is 21.9 Å². The van der Waals surface area contributed by atoms with Crippen LogP contribution >= 0.6 is 0 Å². The third-order valence-electron chi connectivity index (χ3n) is 9.01. The third-order valence-corrected chi connectivity index (χ3v) is 9.01. The van der Waals surface area contributed by atoms with E-state index in [-0.39, 0.29) is 23.0 Å². The molecule has 2 heterocycles. The Balaban J connectivity index is 1.53. The van der Waals surface area contributed by atoms with Gasteiger partial charge in [0.05, 0.1) is 17.3 Å². The van der Waals surface area contributed by atoms with Gasteiger partial charge < -0.3 is 4.42 Å². The van der Waals surface area contributed by atoms with Crippen molar-refractivity contribution in [3.8, 4) is 50.7 Å². The standard InChI is InChI=1S/C44H38N2O/c1-26(2)34-13-10-14-35(27(3)4)42(34)38-23-39(46-25-29(38)6)36-21-15-28(5)40-37-22-20-33(24-45)41(44(37)47-43(36)40)32-18-16-31(17-19-32)30-11-8-7-9-12-30/h7-23,25-27H,1-6H3/i5D3,6D3. The largest absolute Gasteiger partial charge is 0.455 e. The highest BCUT2D eigenvalue weighted by molar-refractivity contribution is 6.15. The number of hydrogen-bond donors (Lipinski definition) is 0. The number of pyridine rings is 1. The molecule has 47 heavy (non-hydrogen) atoms. The number of fused-ring (bicyclic) bond motifs is 3. The normalized spacial score (nSPS) is 14.0. The minimum absolute atomic E-state index is 0.108. The van der Waals surface area contributed by atoms with Crippen molar-refractivity contribution in [3.05, 3.63) is 137 Å². The van der Waals surface area contributed by atoms with E-state index < -0.39 is 13.7 Å². The molecule has 0 aliphatic rings. The molecule has 0 fully saturated rings. The van der Waals surface area contributed by atoms with E-state index in [4.69, 9.17) is 17.6 Å². The molecule has 3 heteroatoms. The Hall–Kier alpha value is -5.46. The zero-order valence-corrected chi connectivity index (χ0v) is 26.8. The van der Waals surface area contributed by atoms with Crippen LogP contribution in [-0.2, 0) is 0 Å². The first-order valence-corrected chi connectivity index (χ1v) is 15.9. The van der Waals surface area contributed by atoms with E-state index in [1.807, 2.05) is 72.8 Å². The van der Waals surface area contributed by atoms with E-state index in [1.54, 1.807) is 30.3 Å². The van der Waals surface area contributed by atoms with Gasteiger partial charge >= 0.3 is 0 Å². The Kier molecular flexibility index (Phi) is 6.10. The molecule has 230 valence electrons. The maximum atomic E-state index is 10.3. The first-order valence-electron chi connectivity index (χ1n) is 18.9. The van der Waals surface area contributed by atoms with Crippen LogP contribution in [0, 0.1) is 25.0 Å². The zero-order valence-electron chi connectivity index (χ0n) is 32.8. The first-order chi connectivity index (χ1) is 25.2. The van der Waals surface area contributed by atoms with Crippen LogP contribution in [0.15, 0.2) is 114 Å². The number of aryl methyl sites for hydroxylation is 2. The molecular weight excluding hydrogens is 572 g/mol. The van der Waals surface area contributed by atoms with E-state index in [9.17, 15) is 5.26 Å². The van der Waals surface area contributed by atoms with Crippen LogP contribution in [0.5, 0.6) is 0 Å². The molecule has 0 aliphatic heterocycles. The fourth-order valence-electron chi connectivity index (χ4n) is 6.66. The summed E-state index contributed by atoms with van der Waals surface area (Å²) in [6, 6.07) is 34.8. The van der Waals surface area contributed by atoms with Crippen molar-refractivity contribution in [1.82, 2.24) is 4.98 Å². The van der Waals surface area contributed by atoms with Crippen LogP contribution in [0.4, 0.5) is 0 Å². The molecule has 0 saturated carbocycles. The van der Waals surface area contributed by atoms with Gasteiger partial charge in [0.15, 0.2) is 0 Å². The SMILES string of the molecule is [2H]C([2H])([2H])c1cnc(-c2ccc(C([2H])([2H])[2H])c3c2oc2c(-c4ccc(-c5ccccc5)cc4)c(C#N)ccc23)cc1-c1c(C(C)C)cccc1C(C)C. The number of nitrogens with zero attached hydrogens (tertiary/aromatic N) is 2. The van der Waals surface area contributed by atoms with Crippen molar-refractivity contribution < 1.29 is 12.6 Å². The molecule has 2 aromatic heterocycles. The predicted octanol–water partition coefficient (Wildman–Crippen LogP) is 12.4. The minimum atomic E-state index is -2.48. The van der Waals surface area contributed by atoms with Crippen LogP contribution < -0.4 is 0 Å². The van der Waals surface area contributed by atoms with Crippen molar-refractivity contribution in [2.75, 3.05) is 0 Å². The summed E-state index contributed by atoms with van der Waals surface area (Å²) >= 11 is 0. The van der Waals surface area contributed by atoms with Gasteiger partial charge in [-0.05, 0) is 99.9 Å². The lowest BCUT2D eigenvalue weighted by Gasteiger charge is -2.21. The molecule has 3 nitrogen and oxygen atoms in total. The summed E-state index contributed by atoms with van der Waals surface area (Å²) in [5, 5.41) is 11.2. The summed E-state index contributed by atoms with van der Waals surface area (Å²) in [6.07, 6.45) is 1.42. The molecule has 0 N–H and O–H groups in total. The maximum Gasteiger partial charge on any atom is 0.145 e. The molecule has 0 amide bonds. The summed E-state index contributed by atoms with van der Waals surface area (Å²) < 4.78 is 57.6. The molecule has 0 unspecified atom stereocenters. The molecule has 7 rings (SSSR count). The Labute approximate surface area is 285 Å². The average molecular weight is 617 g/mol. The van der Waals surface area contributed by atoms with E-state index in [0.29, 0.717) is 49.9 Å². The predicted molar refractivity (Wildman–Crippen MR) is 196 cm³/mol. The lowest BCUT2D eigenvalue weighted by atomic mass is 9.83. The maximum absolute atomic E-state index is 10.3. The monoisotopic (exact) mass is 616 g/mol. The Morgan fingerprint density at radius 3 is 2.00 bits per heavy atom. The molecule has 0 saturated heterocycles. The fourth-order valence-corrected chi connectivity index (χ4v) is 6.66. The summed E-state index contributed by atoms with van der Waals surface area (Å²) in [5.41, 5.74) is 9.11. The van der Waals surface area contributed by atoms with Crippen molar-refractivity contribution in [1.29, 1.82) is 5.26 Å². The summed E-state index contributed by atoms with van der Waals surface area (Å²) in [5.74, 6) is 0.222. The van der Waals surface area contributed by atoms with Crippen LogP contribution in [-0.4, -0.2) is 4.98 Å². The Morgan fingerprint density at radius 1 is 0.660 bits per heavy atom. The average Bonchev–Trinajstić information content (AvgIpc) is 3.52. The second-order valence-electron chi connectivity index (χ2n) is 12.6.